The van der Waals surface area contributed by atoms with Crippen molar-refractivity contribution >= 4 is 5.69 Å². The highest BCUT2D eigenvalue weighted by molar-refractivity contribution is 5.40. The van der Waals surface area contributed by atoms with Gasteiger partial charge in [0.15, 0.2) is 0 Å². The summed E-state index contributed by atoms with van der Waals surface area (Å²) in [5.74, 6) is 1.48. The summed E-state index contributed by atoms with van der Waals surface area (Å²) < 4.78 is 0. The van der Waals surface area contributed by atoms with Crippen LogP contribution in [0.5, 0.6) is 0 Å². The molecule has 1 aromatic rings. The average Bonchev–Trinajstić information content (AvgIpc) is 2.60. The normalized spacial score (nSPS) is 29.2. The topological polar surface area (TPSA) is 57.8 Å². The van der Waals surface area contributed by atoms with Crippen molar-refractivity contribution in [2.24, 2.45) is 11.8 Å². The van der Waals surface area contributed by atoms with E-state index in [-0.39, 0.29) is 5.56 Å². The molecule has 0 aromatic carbocycles. The number of H-pyrrole nitrogens is 1. The van der Waals surface area contributed by atoms with Crippen LogP contribution in [0.1, 0.15) is 33.1 Å². The number of aromatic nitrogens is 2. The van der Waals surface area contributed by atoms with Gasteiger partial charge in [-0.1, -0.05) is 20.3 Å². The van der Waals surface area contributed by atoms with E-state index in [1.165, 1.54) is 19.3 Å². The first kappa shape index (κ1) is 11.2. The molecule has 4 nitrogen and oxygen atoms in total. The molecule has 0 spiro atoms. The van der Waals surface area contributed by atoms with E-state index in [4.69, 9.17) is 0 Å². The molecule has 88 valence electrons. The minimum Gasteiger partial charge on any atom is -0.381 e. The van der Waals surface area contributed by atoms with Gasteiger partial charge in [0.2, 0.25) is 0 Å². The highest BCUT2D eigenvalue weighted by atomic mass is 16.1. The lowest BCUT2D eigenvalue weighted by atomic mass is 9.93. The van der Waals surface area contributed by atoms with E-state index in [1.807, 2.05) is 0 Å². The van der Waals surface area contributed by atoms with Crippen LogP contribution in [0.3, 0.4) is 0 Å². The number of nitrogens with one attached hydrogen (secondary N) is 2. The van der Waals surface area contributed by atoms with Crippen LogP contribution in [0.25, 0.3) is 0 Å². The molecular formula is C12H19N3O. The molecule has 3 unspecified atom stereocenters. The van der Waals surface area contributed by atoms with Crippen molar-refractivity contribution in [2.45, 2.75) is 39.2 Å². The molecule has 0 radical (unpaired) electrons. The minimum absolute atomic E-state index is 0.150. The minimum atomic E-state index is -0.150. The van der Waals surface area contributed by atoms with Gasteiger partial charge in [0, 0.05) is 12.1 Å². The third kappa shape index (κ3) is 2.26. The van der Waals surface area contributed by atoms with Gasteiger partial charge in [0.25, 0.3) is 5.56 Å². The van der Waals surface area contributed by atoms with E-state index in [0.29, 0.717) is 12.0 Å². The lowest BCUT2D eigenvalue weighted by Gasteiger charge is -2.21. The van der Waals surface area contributed by atoms with Gasteiger partial charge in [-0.3, -0.25) is 4.79 Å². The summed E-state index contributed by atoms with van der Waals surface area (Å²) in [4.78, 5) is 11.1. The standard InChI is InChI=1S/C12H19N3O/c1-3-9-4-5-11(8(9)2)14-10-6-12(16)15-13-7-10/h6-9,11H,3-5H2,1-2H3,(H2,14,15,16). The predicted molar refractivity (Wildman–Crippen MR) is 64.4 cm³/mol. The molecule has 0 amide bonds. The van der Waals surface area contributed by atoms with Crippen LogP contribution in [-0.4, -0.2) is 16.2 Å². The van der Waals surface area contributed by atoms with Crippen LogP contribution in [0.2, 0.25) is 0 Å². The fourth-order valence-corrected chi connectivity index (χ4v) is 2.70. The summed E-state index contributed by atoms with van der Waals surface area (Å²) in [5.41, 5.74) is 0.681. The molecule has 1 heterocycles. The Morgan fingerprint density at radius 2 is 2.38 bits per heavy atom. The number of nitrogens with zero attached hydrogens (tertiary/aromatic N) is 1. The fraction of sp³-hybridized carbons (Fsp3) is 0.667. The first-order valence-electron chi connectivity index (χ1n) is 6.02. The number of anilines is 1. The quantitative estimate of drug-likeness (QED) is 0.820. The van der Waals surface area contributed by atoms with Crippen molar-refractivity contribution in [3.63, 3.8) is 0 Å². The van der Waals surface area contributed by atoms with Crippen molar-refractivity contribution in [3.8, 4) is 0 Å². The van der Waals surface area contributed by atoms with Crippen LogP contribution < -0.4 is 10.9 Å². The van der Waals surface area contributed by atoms with Gasteiger partial charge in [-0.15, -0.1) is 0 Å². The lowest BCUT2D eigenvalue weighted by molar-refractivity contribution is 0.392. The van der Waals surface area contributed by atoms with Crippen LogP contribution in [-0.2, 0) is 0 Å². The Hall–Kier alpha value is -1.32. The van der Waals surface area contributed by atoms with Crippen molar-refractivity contribution < 1.29 is 0 Å². The van der Waals surface area contributed by atoms with Gasteiger partial charge in [-0.25, -0.2) is 5.10 Å². The zero-order valence-electron chi connectivity index (χ0n) is 9.86. The molecule has 2 rings (SSSR count). The van der Waals surface area contributed by atoms with Crippen molar-refractivity contribution in [3.05, 3.63) is 22.6 Å². The highest BCUT2D eigenvalue weighted by Crippen LogP contribution is 2.35. The highest BCUT2D eigenvalue weighted by Gasteiger charge is 2.31. The average molecular weight is 221 g/mol. The first-order chi connectivity index (χ1) is 7.70. The molecule has 16 heavy (non-hydrogen) atoms. The summed E-state index contributed by atoms with van der Waals surface area (Å²) >= 11 is 0. The molecule has 1 aromatic heterocycles. The second-order valence-electron chi connectivity index (χ2n) is 4.69. The Bertz CT molecular complexity index is 401. The number of aromatic amines is 1. The van der Waals surface area contributed by atoms with Gasteiger partial charge >= 0.3 is 0 Å². The van der Waals surface area contributed by atoms with E-state index < -0.39 is 0 Å². The third-order valence-electron chi connectivity index (χ3n) is 3.77. The van der Waals surface area contributed by atoms with Gasteiger partial charge < -0.3 is 5.32 Å². The summed E-state index contributed by atoms with van der Waals surface area (Å²) in [6.07, 6.45) is 5.39. The molecule has 1 saturated carbocycles. The van der Waals surface area contributed by atoms with E-state index in [2.05, 4.69) is 29.4 Å². The molecular weight excluding hydrogens is 202 g/mol. The first-order valence-corrected chi connectivity index (χ1v) is 6.02. The summed E-state index contributed by atoms with van der Waals surface area (Å²) in [7, 11) is 0. The molecule has 4 heteroatoms. The third-order valence-corrected chi connectivity index (χ3v) is 3.77. The summed E-state index contributed by atoms with van der Waals surface area (Å²) in [6.45, 7) is 4.54. The Kier molecular flexibility index (Phi) is 3.27. The summed E-state index contributed by atoms with van der Waals surface area (Å²) in [5, 5.41) is 9.59. The molecule has 1 aliphatic rings. The largest absolute Gasteiger partial charge is 0.381 e. The Balaban J connectivity index is 2.03. The van der Waals surface area contributed by atoms with Crippen molar-refractivity contribution in [2.75, 3.05) is 5.32 Å². The molecule has 1 fully saturated rings. The van der Waals surface area contributed by atoms with Crippen LogP contribution in [0.15, 0.2) is 17.1 Å². The molecule has 0 saturated heterocycles. The molecule has 3 atom stereocenters. The van der Waals surface area contributed by atoms with Crippen LogP contribution >= 0.6 is 0 Å². The van der Waals surface area contributed by atoms with Gasteiger partial charge in [-0.05, 0) is 24.7 Å². The van der Waals surface area contributed by atoms with Gasteiger partial charge in [-0.2, -0.15) is 5.10 Å². The Morgan fingerprint density at radius 3 is 3.00 bits per heavy atom. The maximum Gasteiger partial charge on any atom is 0.266 e. The van der Waals surface area contributed by atoms with E-state index in [1.54, 1.807) is 12.3 Å². The van der Waals surface area contributed by atoms with Crippen LogP contribution in [0, 0.1) is 11.8 Å². The SMILES string of the molecule is CCC1CCC(Nc2cn[nH]c(=O)c2)C1C. The Morgan fingerprint density at radius 1 is 1.56 bits per heavy atom. The second-order valence-corrected chi connectivity index (χ2v) is 4.69. The predicted octanol–water partition coefficient (Wildman–Crippen LogP) is 2.01. The van der Waals surface area contributed by atoms with Crippen molar-refractivity contribution in [1.29, 1.82) is 0 Å². The number of hydrogen-bond acceptors (Lipinski definition) is 3. The zero-order chi connectivity index (χ0) is 11.5. The zero-order valence-corrected chi connectivity index (χ0v) is 9.86. The van der Waals surface area contributed by atoms with E-state index in [9.17, 15) is 4.79 Å². The lowest BCUT2D eigenvalue weighted by Crippen LogP contribution is -2.25. The van der Waals surface area contributed by atoms with E-state index >= 15 is 0 Å². The number of rotatable bonds is 3. The maximum absolute atomic E-state index is 11.1. The van der Waals surface area contributed by atoms with Gasteiger partial charge in [0.1, 0.15) is 0 Å². The maximum atomic E-state index is 11.1. The van der Waals surface area contributed by atoms with Crippen molar-refractivity contribution in [1.82, 2.24) is 10.2 Å². The molecule has 2 N–H and O–H groups in total. The fourth-order valence-electron chi connectivity index (χ4n) is 2.70. The molecule has 0 bridgehead atoms. The smallest absolute Gasteiger partial charge is 0.266 e. The van der Waals surface area contributed by atoms with Crippen LogP contribution in [0.4, 0.5) is 5.69 Å². The van der Waals surface area contributed by atoms with Gasteiger partial charge in [0.05, 0.1) is 11.9 Å². The molecule has 0 aliphatic heterocycles. The Labute approximate surface area is 95.5 Å². The monoisotopic (exact) mass is 221 g/mol. The summed E-state index contributed by atoms with van der Waals surface area (Å²) in [6, 6.07) is 2.05. The molecule has 1 aliphatic carbocycles. The van der Waals surface area contributed by atoms with E-state index in [0.717, 1.165) is 11.6 Å². The second kappa shape index (κ2) is 4.68. The number of hydrogen-bond donors (Lipinski definition) is 2.